The number of rotatable bonds is 5. The molecule has 1 N–H and O–H groups in total. The molecular formula is C18H21NO3S. The zero-order valence-corrected chi connectivity index (χ0v) is 14.4. The Morgan fingerprint density at radius 1 is 1.00 bits per heavy atom. The van der Waals surface area contributed by atoms with Gasteiger partial charge in [-0.3, -0.25) is 4.79 Å². The monoisotopic (exact) mass is 331 g/mol. The fourth-order valence-corrected chi connectivity index (χ4v) is 3.07. The van der Waals surface area contributed by atoms with Gasteiger partial charge in [0.15, 0.2) is 9.84 Å². The van der Waals surface area contributed by atoms with Gasteiger partial charge in [0.2, 0.25) is 5.91 Å². The first kappa shape index (κ1) is 17.2. The third-order valence-corrected chi connectivity index (χ3v) is 5.66. The summed E-state index contributed by atoms with van der Waals surface area (Å²) in [5.41, 5.74) is 0.812. The van der Waals surface area contributed by atoms with Crippen LogP contribution in [0.2, 0.25) is 0 Å². The van der Waals surface area contributed by atoms with Crippen molar-refractivity contribution in [3.63, 3.8) is 0 Å². The lowest BCUT2D eigenvalue weighted by Gasteiger charge is -2.24. The highest BCUT2D eigenvalue weighted by molar-refractivity contribution is 7.91. The Hall–Kier alpha value is -2.14. The maximum Gasteiger partial charge on any atom is 0.234 e. The standard InChI is InChI=1S/C18H21NO3S/c1-4-23(21,22)16-12-10-15(11-13-16)19-17(20)18(2,3)14-8-6-5-7-9-14/h5-13H,4H2,1-3H3,(H,19,20). The number of anilines is 1. The van der Waals surface area contributed by atoms with E-state index in [2.05, 4.69) is 5.32 Å². The molecule has 0 saturated carbocycles. The van der Waals surface area contributed by atoms with Crippen LogP contribution in [0, 0.1) is 0 Å². The van der Waals surface area contributed by atoms with Crippen LogP contribution in [0.4, 0.5) is 5.69 Å². The number of hydrogen-bond donors (Lipinski definition) is 1. The average Bonchev–Trinajstić information content (AvgIpc) is 2.56. The van der Waals surface area contributed by atoms with Gasteiger partial charge >= 0.3 is 0 Å². The normalized spacial score (nSPS) is 12.0. The van der Waals surface area contributed by atoms with Gasteiger partial charge in [0, 0.05) is 5.69 Å². The van der Waals surface area contributed by atoms with Crippen LogP contribution in [0.15, 0.2) is 59.5 Å². The number of carbonyl (C=O) groups is 1. The molecule has 0 saturated heterocycles. The summed E-state index contributed by atoms with van der Waals surface area (Å²) in [7, 11) is -3.23. The molecule has 0 bridgehead atoms. The van der Waals surface area contributed by atoms with Crippen LogP contribution in [0.25, 0.3) is 0 Å². The van der Waals surface area contributed by atoms with E-state index < -0.39 is 15.3 Å². The van der Waals surface area contributed by atoms with Gasteiger partial charge in [0.25, 0.3) is 0 Å². The lowest BCUT2D eigenvalue weighted by Crippen LogP contribution is -2.34. The summed E-state index contributed by atoms with van der Waals surface area (Å²) < 4.78 is 23.6. The number of amides is 1. The maximum absolute atomic E-state index is 12.5. The Morgan fingerprint density at radius 3 is 2.09 bits per heavy atom. The molecule has 122 valence electrons. The molecule has 0 radical (unpaired) electrons. The van der Waals surface area contributed by atoms with E-state index in [0.717, 1.165) is 5.56 Å². The van der Waals surface area contributed by atoms with Crippen molar-refractivity contribution in [1.29, 1.82) is 0 Å². The number of hydrogen-bond acceptors (Lipinski definition) is 3. The first-order chi connectivity index (χ1) is 10.8. The third-order valence-electron chi connectivity index (χ3n) is 3.91. The van der Waals surface area contributed by atoms with Gasteiger partial charge in [-0.25, -0.2) is 8.42 Å². The minimum Gasteiger partial charge on any atom is -0.325 e. The highest BCUT2D eigenvalue weighted by Gasteiger charge is 2.29. The molecule has 0 unspecified atom stereocenters. The molecule has 0 aliphatic carbocycles. The van der Waals surface area contributed by atoms with Gasteiger partial charge in [-0.15, -0.1) is 0 Å². The first-order valence-corrected chi connectivity index (χ1v) is 9.12. The van der Waals surface area contributed by atoms with E-state index >= 15 is 0 Å². The third kappa shape index (κ3) is 3.79. The smallest absolute Gasteiger partial charge is 0.234 e. The molecule has 0 fully saturated rings. The number of benzene rings is 2. The van der Waals surface area contributed by atoms with Crippen molar-refractivity contribution in [2.75, 3.05) is 11.1 Å². The summed E-state index contributed by atoms with van der Waals surface area (Å²) in [6.07, 6.45) is 0. The van der Waals surface area contributed by atoms with Crippen LogP contribution in [0.1, 0.15) is 26.3 Å². The van der Waals surface area contributed by atoms with Crippen molar-refractivity contribution in [3.8, 4) is 0 Å². The summed E-state index contributed by atoms with van der Waals surface area (Å²) in [5.74, 6) is -0.0884. The molecule has 2 aromatic carbocycles. The molecule has 0 spiro atoms. The molecule has 0 aliphatic heterocycles. The highest BCUT2D eigenvalue weighted by Crippen LogP contribution is 2.25. The van der Waals surface area contributed by atoms with Gasteiger partial charge in [-0.05, 0) is 43.7 Å². The Labute approximate surface area is 137 Å². The predicted molar refractivity (Wildman–Crippen MR) is 92.3 cm³/mol. The van der Waals surface area contributed by atoms with E-state index in [0.29, 0.717) is 5.69 Å². The predicted octanol–water partition coefficient (Wildman–Crippen LogP) is 3.40. The molecule has 0 atom stereocenters. The number of carbonyl (C=O) groups excluding carboxylic acids is 1. The molecule has 23 heavy (non-hydrogen) atoms. The molecular weight excluding hydrogens is 310 g/mol. The minimum absolute atomic E-state index is 0.0553. The lowest BCUT2D eigenvalue weighted by atomic mass is 9.83. The summed E-state index contributed by atoms with van der Waals surface area (Å²) in [4.78, 5) is 12.8. The second-order valence-corrected chi connectivity index (χ2v) is 8.15. The van der Waals surface area contributed by atoms with E-state index in [9.17, 15) is 13.2 Å². The topological polar surface area (TPSA) is 63.2 Å². The van der Waals surface area contributed by atoms with Crippen LogP contribution < -0.4 is 5.32 Å². The highest BCUT2D eigenvalue weighted by atomic mass is 32.2. The molecule has 5 heteroatoms. The summed E-state index contributed by atoms with van der Waals surface area (Å²) >= 11 is 0. The van der Waals surface area contributed by atoms with E-state index in [-0.39, 0.29) is 16.6 Å². The minimum atomic E-state index is -3.23. The molecule has 1 amide bonds. The van der Waals surface area contributed by atoms with Crippen molar-refractivity contribution in [2.45, 2.75) is 31.1 Å². The van der Waals surface area contributed by atoms with Crippen molar-refractivity contribution in [2.24, 2.45) is 0 Å². The molecule has 4 nitrogen and oxygen atoms in total. The van der Waals surface area contributed by atoms with Crippen LogP contribution in [0.3, 0.4) is 0 Å². The fourth-order valence-electron chi connectivity index (χ4n) is 2.19. The van der Waals surface area contributed by atoms with E-state index in [1.54, 1.807) is 19.1 Å². The van der Waals surface area contributed by atoms with Crippen LogP contribution >= 0.6 is 0 Å². The summed E-state index contributed by atoms with van der Waals surface area (Å²) in [5, 5.41) is 2.84. The zero-order chi connectivity index (χ0) is 17.1. The molecule has 2 aromatic rings. The van der Waals surface area contributed by atoms with Gasteiger partial charge in [0.05, 0.1) is 16.1 Å². The van der Waals surface area contributed by atoms with Gasteiger partial charge in [-0.2, -0.15) is 0 Å². The first-order valence-electron chi connectivity index (χ1n) is 7.47. The molecule has 0 heterocycles. The Bertz CT molecular complexity index is 779. The lowest BCUT2D eigenvalue weighted by molar-refractivity contribution is -0.120. The van der Waals surface area contributed by atoms with Gasteiger partial charge in [-0.1, -0.05) is 37.3 Å². The quantitative estimate of drug-likeness (QED) is 0.913. The summed E-state index contributed by atoms with van der Waals surface area (Å²) in [6, 6.07) is 15.8. The molecule has 0 aromatic heterocycles. The van der Waals surface area contributed by atoms with Crippen LogP contribution in [-0.2, 0) is 20.0 Å². The largest absolute Gasteiger partial charge is 0.325 e. The van der Waals surface area contributed by atoms with Gasteiger partial charge in [0.1, 0.15) is 0 Å². The zero-order valence-electron chi connectivity index (χ0n) is 13.5. The van der Waals surface area contributed by atoms with E-state index in [1.807, 2.05) is 44.2 Å². The fraction of sp³-hybridized carbons (Fsp3) is 0.278. The Morgan fingerprint density at radius 2 is 1.57 bits per heavy atom. The van der Waals surface area contributed by atoms with Crippen molar-refractivity contribution < 1.29 is 13.2 Å². The van der Waals surface area contributed by atoms with Crippen molar-refractivity contribution in [3.05, 3.63) is 60.2 Å². The number of nitrogens with one attached hydrogen (secondary N) is 1. The second kappa shape index (κ2) is 6.54. The molecule has 2 rings (SSSR count). The van der Waals surface area contributed by atoms with E-state index in [4.69, 9.17) is 0 Å². The maximum atomic E-state index is 12.5. The van der Waals surface area contributed by atoms with Crippen molar-refractivity contribution >= 4 is 21.4 Å². The number of sulfone groups is 1. The Balaban J connectivity index is 2.18. The van der Waals surface area contributed by atoms with Crippen LogP contribution in [-0.4, -0.2) is 20.1 Å². The summed E-state index contributed by atoms with van der Waals surface area (Å²) in [6.45, 7) is 5.31. The Kier molecular flexibility index (Phi) is 4.90. The second-order valence-electron chi connectivity index (χ2n) is 5.87. The van der Waals surface area contributed by atoms with E-state index in [1.165, 1.54) is 12.1 Å². The molecule has 0 aliphatic rings. The van der Waals surface area contributed by atoms with Gasteiger partial charge < -0.3 is 5.32 Å². The average molecular weight is 331 g/mol. The SMILES string of the molecule is CCS(=O)(=O)c1ccc(NC(=O)C(C)(C)c2ccccc2)cc1. The van der Waals surface area contributed by atoms with Crippen LogP contribution in [0.5, 0.6) is 0 Å². The van der Waals surface area contributed by atoms with Crippen molar-refractivity contribution in [1.82, 2.24) is 0 Å².